The lowest BCUT2D eigenvalue weighted by Gasteiger charge is -2.25. The van der Waals surface area contributed by atoms with Crippen molar-refractivity contribution in [3.8, 4) is 0 Å². The first-order valence-corrected chi connectivity index (χ1v) is 13.0. The van der Waals surface area contributed by atoms with Gasteiger partial charge in [-0.1, -0.05) is 30.3 Å². The number of benzene rings is 1. The highest BCUT2D eigenvalue weighted by Gasteiger charge is 2.30. The zero-order valence-corrected chi connectivity index (χ0v) is 22.7. The van der Waals surface area contributed by atoms with E-state index in [4.69, 9.17) is 16.6 Å². The predicted octanol–water partition coefficient (Wildman–Crippen LogP) is -1.39. The molecule has 0 bridgehead atoms. The molecular weight excluding hydrogens is 524 g/mol. The maximum atomic E-state index is 13.3. The smallest absolute Gasteiger partial charge is 0.325 e. The number of hydrogen-bond acceptors (Lipinski definition) is 8. The summed E-state index contributed by atoms with van der Waals surface area (Å²) in [5, 5.41) is 27.9. The Morgan fingerprint density at radius 3 is 1.90 bits per heavy atom. The highest BCUT2D eigenvalue weighted by atomic mass is 16.4. The average molecular weight is 565 g/mol. The van der Waals surface area contributed by atoms with E-state index in [0.29, 0.717) is 24.9 Å². The molecule has 0 radical (unpaired) electrons. The molecule has 4 amide bonds. The summed E-state index contributed by atoms with van der Waals surface area (Å²) in [5.74, 6) is -5.17. The van der Waals surface area contributed by atoms with Gasteiger partial charge in [0, 0.05) is 12.8 Å². The van der Waals surface area contributed by atoms with E-state index in [-0.39, 0.29) is 25.7 Å². The van der Waals surface area contributed by atoms with E-state index in [1.165, 1.54) is 13.8 Å². The molecule has 0 unspecified atom stereocenters. The summed E-state index contributed by atoms with van der Waals surface area (Å²) in [6, 6.07) is 3.11. The molecule has 0 fully saturated rings. The van der Waals surface area contributed by atoms with Gasteiger partial charge in [0.15, 0.2) is 0 Å². The SMILES string of the molecule is C[C@H](NC(=O)[C@H](Cc1ccccc1)NC(=O)[C@H](CCCCN)NC(=O)[C@H](C)NC(=O)[C@@H](N)CCC(=O)O)C(=O)O. The lowest BCUT2D eigenvalue weighted by molar-refractivity contribution is -0.141. The second-order valence-corrected chi connectivity index (χ2v) is 9.43. The summed E-state index contributed by atoms with van der Waals surface area (Å²) >= 11 is 0. The molecule has 1 aromatic carbocycles. The molecule has 14 heteroatoms. The number of carboxylic acid groups (broad SMARTS) is 2. The third kappa shape index (κ3) is 12.7. The minimum atomic E-state index is -1.25. The van der Waals surface area contributed by atoms with Gasteiger partial charge in [0.1, 0.15) is 24.2 Å². The van der Waals surface area contributed by atoms with Gasteiger partial charge in [-0.3, -0.25) is 28.8 Å². The molecule has 14 nitrogen and oxygen atoms in total. The van der Waals surface area contributed by atoms with Crippen LogP contribution in [0.15, 0.2) is 30.3 Å². The summed E-state index contributed by atoms with van der Waals surface area (Å²) in [6.07, 6.45) is 0.843. The number of rotatable bonds is 18. The van der Waals surface area contributed by atoms with E-state index in [2.05, 4.69) is 21.3 Å². The number of nitrogens with two attached hydrogens (primary N) is 2. The van der Waals surface area contributed by atoms with Crippen LogP contribution in [0.1, 0.15) is 51.5 Å². The van der Waals surface area contributed by atoms with Crippen LogP contribution >= 0.6 is 0 Å². The van der Waals surface area contributed by atoms with Gasteiger partial charge in [0.2, 0.25) is 23.6 Å². The Hall–Kier alpha value is -4.04. The minimum absolute atomic E-state index is 0.0644. The van der Waals surface area contributed by atoms with Crippen LogP contribution in [-0.4, -0.2) is 82.5 Å². The Kier molecular flexibility index (Phi) is 14.9. The van der Waals surface area contributed by atoms with Crippen LogP contribution in [0.3, 0.4) is 0 Å². The molecule has 222 valence electrons. The Morgan fingerprint density at radius 2 is 1.32 bits per heavy atom. The molecule has 40 heavy (non-hydrogen) atoms. The van der Waals surface area contributed by atoms with Crippen LogP contribution in [0.5, 0.6) is 0 Å². The largest absolute Gasteiger partial charge is 0.481 e. The van der Waals surface area contributed by atoms with Crippen LogP contribution in [0, 0.1) is 0 Å². The van der Waals surface area contributed by atoms with E-state index in [1.807, 2.05) is 0 Å². The lowest BCUT2D eigenvalue weighted by Crippen LogP contribution is -2.58. The van der Waals surface area contributed by atoms with Crippen molar-refractivity contribution in [2.45, 2.75) is 82.6 Å². The van der Waals surface area contributed by atoms with E-state index < -0.39 is 65.8 Å². The highest BCUT2D eigenvalue weighted by molar-refractivity contribution is 5.95. The molecule has 5 atom stereocenters. The zero-order chi connectivity index (χ0) is 30.2. The molecule has 0 saturated heterocycles. The van der Waals surface area contributed by atoms with Crippen molar-refractivity contribution in [3.05, 3.63) is 35.9 Å². The first-order chi connectivity index (χ1) is 18.8. The molecule has 0 aliphatic rings. The number of nitrogens with one attached hydrogen (secondary N) is 4. The molecule has 0 spiro atoms. The maximum Gasteiger partial charge on any atom is 0.325 e. The lowest BCUT2D eigenvalue weighted by atomic mass is 10.0. The van der Waals surface area contributed by atoms with E-state index in [0.717, 1.165) is 0 Å². The monoisotopic (exact) mass is 564 g/mol. The minimum Gasteiger partial charge on any atom is -0.481 e. The first-order valence-electron chi connectivity index (χ1n) is 13.0. The number of aliphatic carboxylic acids is 2. The topological polar surface area (TPSA) is 243 Å². The van der Waals surface area contributed by atoms with Gasteiger partial charge in [-0.05, 0) is 51.6 Å². The average Bonchev–Trinajstić information content (AvgIpc) is 2.90. The van der Waals surface area contributed by atoms with Crippen molar-refractivity contribution in [1.29, 1.82) is 0 Å². The maximum absolute atomic E-state index is 13.3. The molecule has 1 aromatic rings. The molecule has 10 N–H and O–H groups in total. The number of amides is 4. The quantitative estimate of drug-likeness (QED) is 0.0970. The Morgan fingerprint density at radius 1 is 0.750 bits per heavy atom. The van der Waals surface area contributed by atoms with E-state index in [9.17, 15) is 33.9 Å². The Labute approximate surface area is 232 Å². The molecule has 0 saturated carbocycles. The number of unbranched alkanes of at least 4 members (excludes halogenated alkanes) is 1. The third-order valence-corrected chi connectivity index (χ3v) is 5.98. The number of hydrogen-bond donors (Lipinski definition) is 8. The fourth-order valence-corrected chi connectivity index (χ4v) is 3.56. The third-order valence-electron chi connectivity index (χ3n) is 5.98. The van der Waals surface area contributed by atoms with E-state index >= 15 is 0 Å². The summed E-state index contributed by atoms with van der Waals surface area (Å²) in [5.41, 5.74) is 12.0. The summed E-state index contributed by atoms with van der Waals surface area (Å²) in [7, 11) is 0. The van der Waals surface area contributed by atoms with Crippen molar-refractivity contribution in [2.75, 3.05) is 6.54 Å². The second kappa shape index (κ2) is 17.5. The molecule has 0 aliphatic heterocycles. The van der Waals surface area contributed by atoms with Crippen LogP contribution in [0.4, 0.5) is 0 Å². The van der Waals surface area contributed by atoms with Crippen LogP contribution < -0.4 is 32.7 Å². The molecule has 0 heterocycles. The normalized spacial score (nSPS) is 14.5. The summed E-state index contributed by atoms with van der Waals surface area (Å²) < 4.78 is 0. The number of carbonyl (C=O) groups is 6. The summed E-state index contributed by atoms with van der Waals surface area (Å²) in [4.78, 5) is 73.2. The predicted molar refractivity (Wildman–Crippen MR) is 145 cm³/mol. The van der Waals surface area contributed by atoms with Crippen molar-refractivity contribution in [1.82, 2.24) is 21.3 Å². The van der Waals surface area contributed by atoms with Gasteiger partial charge in [0.25, 0.3) is 0 Å². The van der Waals surface area contributed by atoms with Gasteiger partial charge >= 0.3 is 11.9 Å². The zero-order valence-electron chi connectivity index (χ0n) is 22.7. The highest BCUT2D eigenvalue weighted by Crippen LogP contribution is 2.07. The number of carboxylic acids is 2. The summed E-state index contributed by atoms with van der Waals surface area (Å²) in [6.45, 7) is 3.03. The molecule has 1 rings (SSSR count). The van der Waals surface area contributed by atoms with Crippen molar-refractivity contribution in [3.63, 3.8) is 0 Å². The number of carbonyl (C=O) groups excluding carboxylic acids is 4. The van der Waals surface area contributed by atoms with Gasteiger partial charge in [-0.15, -0.1) is 0 Å². The van der Waals surface area contributed by atoms with Gasteiger partial charge in [0.05, 0.1) is 6.04 Å². The van der Waals surface area contributed by atoms with Crippen molar-refractivity contribution >= 4 is 35.6 Å². The van der Waals surface area contributed by atoms with Gasteiger partial charge in [-0.2, -0.15) is 0 Å². The second-order valence-electron chi connectivity index (χ2n) is 9.43. The Bertz CT molecular complexity index is 1020. The van der Waals surface area contributed by atoms with Crippen molar-refractivity contribution in [2.24, 2.45) is 11.5 Å². The fraction of sp³-hybridized carbons (Fsp3) is 0.538. The van der Waals surface area contributed by atoms with Crippen LogP contribution in [0.25, 0.3) is 0 Å². The fourth-order valence-electron chi connectivity index (χ4n) is 3.56. The Balaban J connectivity index is 3.00. The van der Waals surface area contributed by atoms with Crippen LogP contribution in [0.2, 0.25) is 0 Å². The van der Waals surface area contributed by atoms with Crippen molar-refractivity contribution < 1.29 is 39.0 Å². The van der Waals surface area contributed by atoms with Gasteiger partial charge in [-0.25, -0.2) is 0 Å². The first kappa shape index (κ1) is 34.0. The molecule has 0 aliphatic carbocycles. The van der Waals surface area contributed by atoms with Gasteiger partial charge < -0.3 is 42.9 Å². The van der Waals surface area contributed by atoms with Crippen LogP contribution in [-0.2, 0) is 35.2 Å². The standard InChI is InChI=1S/C26H40N6O8/c1-15(29-23(36)18(28)11-12-21(33)34)22(35)31-19(10-6-7-13-27)24(37)32-20(14-17-8-4-3-5-9-17)25(38)30-16(2)26(39)40/h3-5,8-9,15-16,18-20H,6-7,10-14,27-28H2,1-2H3,(H,29,36)(H,30,38)(H,31,35)(H,32,37)(H,33,34)(H,39,40)/t15-,16-,18-,19-,20-/m0/s1. The van der Waals surface area contributed by atoms with E-state index in [1.54, 1.807) is 30.3 Å². The molecular formula is C26H40N6O8. The molecule has 0 aromatic heterocycles.